The number of para-hydroxylation sites is 1. The molecule has 0 aliphatic carbocycles. The highest BCUT2D eigenvalue weighted by atomic mass is 19.1. The maximum absolute atomic E-state index is 13.0. The van der Waals surface area contributed by atoms with Crippen LogP contribution in [0.4, 0.5) is 10.1 Å². The summed E-state index contributed by atoms with van der Waals surface area (Å²) in [6, 6.07) is 4.33. The van der Waals surface area contributed by atoms with Crippen molar-refractivity contribution in [3.05, 3.63) is 24.0 Å². The van der Waals surface area contributed by atoms with Crippen LogP contribution in [0.15, 0.2) is 23.2 Å². The summed E-state index contributed by atoms with van der Waals surface area (Å²) < 4.78 is 17.8. The molecule has 0 heterocycles. The van der Waals surface area contributed by atoms with Crippen molar-refractivity contribution in [2.24, 2.45) is 16.5 Å². The Kier molecular flexibility index (Phi) is 2.69. The third-order valence-electron chi connectivity index (χ3n) is 1.40. The summed E-state index contributed by atoms with van der Waals surface area (Å²) in [7, 11) is 1.35. The maximum Gasteiger partial charge on any atom is 0.191 e. The van der Waals surface area contributed by atoms with Crippen molar-refractivity contribution in [3.63, 3.8) is 0 Å². The number of guanidine groups is 1. The van der Waals surface area contributed by atoms with Gasteiger partial charge in [-0.2, -0.15) is 0 Å². The predicted octanol–water partition coefficient (Wildman–Crippen LogP) is 0.739. The van der Waals surface area contributed by atoms with Gasteiger partial charge in [-0.1, -0.05) is 6.07 Å². The fourth-order valence-electron chi connectivity index (χ4n) is 0.927. The number of nitrogens with zero attached hydrogens (tertiary/aromatic N) is 1. The zero-order chi connectivity index (χ0) is 9.84. The molecular weight excluding hydrogens is 173 g/mol. The van der Waals surface area contributed by atoms with Crippen LogP contribution in [0.3, 0.4) is 0 Å². The number of aliphatic imine (C=N–C) groups is 1. The van der Waals surface area contributed by atoms with Crippen molar-refractivity contribution in [2.75, 3.05) is 7.11 Å². The molecule has 4 N–H and O–H groups in total. The number of hydrogen-bond donors (Lipinski definition) is 2. The minimum atomic E-state index is -0.495. The van der Waals surface area contributed by atoms with Crippen molar-refractivity contribution in [2.45, 2.75) is 0 Å². The topological polar surface area (TPSA) is 73.6 Å². The summed E-state index contributed by atoms with van der Waals surface area (Å²) in [6.07, 6.45) is 0. The smallest absolute Gasteiger partial charge is 0.191 e. The van der Waals surface area contributed by atoms with Gasteiger partial charge in [0.1, 0.15) is 5.69 Å². The number of hydrogen-bond acceptors (Lipinski definition) is 2. The molecule has 0 aromatic heterocycles. The molecule has 0 spiro atoms. The molecule has 0 fully saturated rings. The van der Waals surface area contributed by atoms with Crippen LogP contribution >= 0.6 is 0 Å². The molecule has 0 saturated heterocycles. The fourth-order valence-corrected chi connectivity index (χ4v) is 0.927. The summed E-state index contributed by atoms with van der Waals surface area (Å²) in [5.41, 5.74) is 10.6. The summed E-state index contributed by atoms with van der Waals surface area (Å²) >= 11 is 0. The number of rotatable bonds is 2. The number of nitrogens with two attached hydrogens (primary N) is 2. The number of halogens is 1. The van der Waals surface area contributed by atoms with Crippen LogP contribution in [0, 0.1) is 5.82 Å². The second-order valence-electron chi connectivity index (χ2n) is 2.33. The quantitative estimate of drug-likeness (QED) is 0.524. The van der Waals surface area contributed by atoms with E-state index in [1.165, 1.54) is 19.2 Å². The Morgan fingerprint density at radius 1 is 1.46 bits per heavy atom. The van der Waals surface area contributed by atoms with Crippen LogP contribution in [0.1, 0.15) is 0 Å². The first-order valence-corrected chi connectivity index (χ1v) is 3.57. The van der Waals surface area contributed by atoms with E-state index in [9.17, 15) is 4.39 Å². The van der Waals surface area contributed by atoms with Crippen LogP contribution in [-0.2, 0) is 0 Å². The van der Waals surface area contributed by atoms with E-state index in [0.717, 1.165) is 0 Å². The van der Waals surface area contributed by atoms with Crippen LogP contribution in [-0.4, -0.2) is 13.1 Å². The van der Waals surface area contributed by atoms with Crippen LogP contribution < -0.4 is 16.2 Å². The molecule has 0 unspecified atom stereocenters. The second kappa shape index (κ2) is 3.75. The summed E-state index contributed by atoms with van der Waals surface area (Å²) in [5, 5.41) is 0. The molecule has 0 bridgehead atoms. The molecule has 0 radical (unpaired) electrons. The predicted molar refractivity (Wildman–Crippen MR) is 48.4 cm³/mol. The average molecular weight is 183 g/mol. The third kappa shape index (κ3) is 2.08. The second-order valence-corrected chi connectivity index (χ2v) is 2.33. The Morgan fingerprint density at radius 2 is 2.15 bits per heavy atom. The van der Waals surface area contributed by atoms with E-state index >= 15 is 0 Å². The van der Waals surface area contributed by atoms with Gasteiger partial charge in [-0.15, -0.1) is 0 Å². The Bertz CT molecular complexity index is 334. The zero-order valence-electron chi connectivity index (χ0n) is 7.12. The highest BCUT2D eigenvalue weighted by Gasteiger charge is 2.06. The van der Waals surface area contributed by atoms with E-state index in [-0.39, 0.29) is 17.4 Å². The number of methoxy groups -OCH3 is 1. The lowest BCUT2D eigenvalue weighted by atomic mass is 10.3. The minimum Gasteiger partial charge on any atom is -0.492 e. The van der Waals surface area contributed by atoms with Crippen molar-refractivity contribution in [1.82, 2.24) is 0 Å². The van der Waals surface area contributed by atoms with Crippen LogP contribution in [0.5, 0.6) is 5.75 Å². The van der Waals surface area contributed by atoms with Gasteiger partial charge in [0, 0.05) is 0 Å². The first-order chi connectivity index (χ1) is 6.15. The Labute approximate surface area is 75.0 Å². The maximum atomic E-state index is 13.0. The summed E-state index contributed by atoms with van der Waals surface area (Å²) in [5.74, 6) is -0.593. The van der Waals surface area contributed by atoms with Crippen molar-refractivity contribution in [1.29, 1.82) is 0 Å². The van der Waals surface area contributed by atoms with Gasteiger partial charge in [-0.25, -0.2) is 9.38 Å². The first-order valence-electron chi connectivity index (χ1n) is 3.57. The summed E-state index contributed by atoms with van der Waals surface area (Å²) in [6.45, 7) is 0. The Morgan fingerprint density at radius 3 is 2.69 bits per heavy atom. The molecule has 1 rings (SSSR count). The van der Waals surface area contributed by atoms with E-state index in [2.05, 4.69) is 4.99 Å². The average Bonchev–Trinajstić information content (AvgIpc) is 2.03. The molecule has 0 amide bonds. The molecule has 13 heavy (non-hydrogen) atoms. The fraction of sp³-hybridized carbons (Fsp3) is 0.125. The molecule has 0 aliphatic heterocycles. The molecule has 1 aromatic rings. The van der Waals surface area contributed by atoms with E-state index in [1.807, 2.05) is 0 Å². The normalized spacial score (nSPS) is 9.38. The number of benzene rings is 1. The Balaban J connectivity index is 3.20. The molecule has 0 atom stereocenters. The van der Waals surface area contributed by atoms with Gasteiger partial charge in [0.2, 0.25) is 0 Å². The molecule has 4 nitrogen and oxygen atoms in total. The van der Waals surface area contributed by atoms with E-state index in [0.29, 0.717) is 0 Å². The highest BCUT2D eigenvalue weighted by Crippen LogP contribution is 2.29. The molecule has 0 aliphatic rings. The standard InChI is InChI=1S/C8H10FN3O/c1-13-7-5(9)3-2-4-6(7)12-8(10)11/h2-4H,1H3,(H4,10,11,12). The molecule has 0 saturated carbocycles. The lowest BCUT2D eigenvalue weighted by Gasteiger charge is -2.04. The van der Waals surface area contributed by atoms with Gasteiger partial charge >= 0.3 is 0 Å². The van der Waals surface area contributed by atoms with Crippen molar-refractivity contribution in [3.8, 4) is 5.75 Å². The number of ether oxygens (including phenoxy) is 1. The summed E-state index contributed by atoms with van der Waals surface area (Å²) in [4.78, 5) is 3.70. The zero-order valence-corrected chi connectivity index (χ0v) is 7.12. The first kappa shape index (κ1) is 9.31. The van der Waals surface area contributed by atoms with E-state index in [4.69, 9.17) is 16.2 Å². The van der Waals surface area contributed by atoms with Gasteiger partial charge < -0.3 is 16.2 Å². The van der Waals surface area contributed by atoms with Crippen LogP contribution in [0.25, 0.3) is 0 Å². The van der Waals surface area contributed by atoms with Crippen molar-refractivity contribution < 1.29 is 9.13 Å². The van der Waals surface area contributed by atoms with E-state index < -0.39 is 5.82 Å². The van der Waals surface area contributed by atoms with Crippen molar-refractivity contribution >= 4 is 11.6 Å². The molecule has 70 valence electrons. The SMILES string of the molecule is COc1c(F)cccc1N=C(N)N. The van der Waals surface area contributed by atoms with Gasteiger partial charge in [-0.05, 0) is 12.1 Å². The lowest BCUT2D eigenvalue weighted by Crippen LogP contribution is -2.22. The highest BCUT2D eigenvalue weighted by molar-refractivity contribution is 5.80. The minimum absolute atomic E-state index is 0.0379. The lowest BCUT2D eigenvalue weighted by molar-refractivity contribution is 0.388. The monoisotopic (exact) mass is 183 g/mol. The van der Waals surface area contributed by atoms with Gasteiger partial charge in [-0.3, -0.25) is 0 Å². The largest absolute Gasteiger partial charge is 0.492 e. The van der Waals surface area contributed by atoms with Crippen LogP contribution in [0.2, 0.25) is 0 Å². The van der Waals surface area contributed by atoms with Gasteiger partial charge in [0.15, 0.2) is 17.5 Å². The third-order valence-corrected chi connectivity index (χ3v) is 1.40. The molecule has 5 heteroatoms. The molecular formula is C8H10FN3O. The Hall–Kier alpha value is -1.78. The van der Waals surface area contributed by atoms with Gasteiger partial charge in [0.25, 0.3) is 0 Å². The van der Waals surface area contributed by atoms with Gasteiger partial charge in [0.05, 0.1) is 7.11 Å². The van der Waals surface area contributed by atoms with E-state index in [1.54, 1.807) is 6.07 Å². The molecule has 1 aromatic carbocycles.